The Morgan fingerprint density at radius 2 is 1.50 bits per heavy atom. The van der Waals surface area contributed by atoms with Gasteiger partial charge in [0, 0.05) is 16.1 Å². The molecule has 13 heteroatoms. The Bertz CT molecular complexity index is 1430. The second-order valence-electron chi connectivity index (χ2n) is 8.15. The molecule has 2 aromatic rings. The van der Waals surface area contributed by atoms with Crippen molar-refractivity contribution < 1.29 is 35.2 Å². The van der Waals surface area contributed by atoms with Gasteiger partial charge in [-0.15, -0.1) is 0 Å². The summed E-state index contributed by atoms with van der Waals surface area (Å²) in [7, 11) is -13.2. The molecule has 3 rings (SSSR count). The summed E-state index contributed by atoms with van der Waals surface area (Å²) in [5, 5.41) is -2.05. The van der Waals surface area contributed by atoms with Crippen LogP contribution in [0.1, 0.15) is 42.6 Å². The van der Waals surface area contributed by atoms with Crippen molar-refractivity contribution in [1.29, 1.82) is 0 Å². The van der Waals surface area contributed by atoms with Crippen LogP contribution in [-0.2, 0) is 38.8 Å². The first-order valence-electron chi connectivity index (χ1n) is 11.1. The Hall–Kier alpha value is -1.85. The van der Waals surface area contributed by atoms with Gasteiger partial charge in [-0.25, -0.2) is 16.8 Å². The summed E-state index contributed by atoms with van der Waals surface area (Å²) >= 11 is 5.89. The molecule has 0 amide bonds. The van der Waals surface area contributed by atoms with Gasteiger partial charge in [0.1, 0.15) is 4.91 Å². The number of nitrogens with one attached hydrogen (secondary N) is 1. The largest absolute Gasteiger partial charge is 0.360 e. The maximum Gasteiger partial charge on any atom is 0.360 e. The highest BCUT2D eigenvalue weighted by molar-refractivity contribution is 7.96. The second-order valence-corrected chi connectivity index (χ2v) is 14.5. The van der Waals surface area contributed by atoms with Crippen LogP contribution in [-0.4, -0.2) is 42.1 Å². The van der Waals surface area contributed by atoms with Gasteiger partial charge < -0.3 is 9.05 Å². The second kappa shape index (κ2) is 10.9. The molecular formula is C23H27ClNO8PS2. The maximum absolute atomic E-state index is 14.5. The van der Waals surface area contributed by atoms with Gasteiger partial charge in [0.15, 0.2) is 5.28 Å². The monoisotopic (exact) mass is 575 g/mol. The highest BCUT2D eigenvalue weighted by atomic mass is 35.5. The SMILES string of the molecule is CCCOP(=O)(OCCC)C1(NS(C)(=O)=O)C=C(S(=O)(=O)c2ccc(Cl)cc2)C(=O)c2ccccc21. The van der Waals surface area contributed by atoms with Gasteiger partial charge in [-0.2, -0.15) is 4.72 Å². The molecule has 0 aromatic heterocycles. The van der Waals surface area contributed by atoms with Crippen LogP contribution in [0.4, 0.5) is 0 Å². The fraction of sp³-hybridized carbons (Fsp3) is 0.348. The van der Waals surface area contributed by atoms with Crippen LogP contribution in [0, 0.1) is 0 Å². The molecule has 0 fully saturated rings. The molecule has 0 aliphatic heterocycles. The van der Waals surface area contributed by atoms with E-state index >= 15 is 0 Å². The number of carbonyl (C=O) groups excluding carboxylic acids is 1. The van der Waals surface area contributed by atoms with Crippen molar-refractivity contribution in [3.63, 3.8) is 0 Å². The van der Waals surface area contributed by atoms with Crippen molar-refractivity contribution in [1.82, 2.24) is 4.72 Å². The lowest BCUT2D eigenvalue weighted by atomic mass is 9.92. The summed E-state index contributed by atoms with van der Waals surface area (Å²) in [4.78, 5) is 12.5. The van der Waals surface area contributed by atoms with Crippen molar-refractivity contribution in [2.24, 2.45) is 0 Å². The molecule has 0 saturated carbocycles. The van der Waals surface area contributed by atoms with Gasteiger partial charge in [0.2, 0.25) is 25.6 Å². The molecule has 1 atom stereocenters. The van der Waals surface area contributed by atoms with E-state index in [0.717, 1.165) is 12.3 Å². The number of halogens is 1. The number of hydrogen-bond donors (Lipinski definition) is 1. The summed E-state index contributed by atoms with van der Waals surface area (Å²) in [5.74, 6) is -0.885. The molecule has 9 nitrogen and oxygen atoms in total. The minimum Gasteiger partial charge on any atom is -0.307 e. The smallest absolute Gasteiger partial charge is 0.307 e. The molecule has 1 unspecified atom stereocenters. The lowest BCUT2D eigenvalue weighted by molar-refractivity contribution is 0.103. The number of Topliss-reactive ketones (excluding diaryl/α,β-unsaturated/α-hetero) is 1. The van der Waals surface area contributed by atoms with Crippen LogP contribution in [0.25, 0.3) is 0 Å². The third-order valence-electron chi connectivity index (χ3n) is 5.26. The zero-order valence-corrected chi connectivity index (χ0v) is 23.2. The van der Waals surface area contributed by atoms with Crippen LogP contribution >= 0.6 is 19.2 Å². The molecule has 1 N–H and O–H groups in total. The van der Waals surface area contributed by atoms with Gasteiger partial charge in [0.25, 0.3) is 0 Å². The first-order valence-corrected chi connectivity index (χ1v) is 16.4. The van der Waals surface area contributed by atoms with Crippen molar-refractivity contribution in [3.8, 4) is 0 Å². The molecule has 0 bridgehead atoms. The third-order valence-corrected chi connectivity index (χ3v) is 10.5. The maximum atomic E-state index is 14.5. The predicted molar refractivity (Wildman–Crippen MR) is 137 cm³/mol. The topological polar surface area (TPSA) is 133 Å². The molecule has 1 aliphatic rings. The average molecular weight is 576 g/mol. The molecule has 36 heavy (non-hydrogen) atoms. The van der Waals surface area contributed by atoms with E-state index in [4.69, 9.17) is 20.6 Å². The first-order chi connectivity index (χ1) is 16.8. The molecule has 2 aromatic carbocycles. The molecule has 0 heterocycles. The van der Waals surface area contributed by atoms with Crippen molar-refractivity contribution in [2.45, 2.75) is 36.9 Å². The Morgan fingerprint density at radius 1 is 0.944 bits per heavy atom. The molecule has 0 saturated heterocycles. The van der Waals surface area contributed by atoms with Gasteiger partial charge >= 0.3 is 7.60 Å². The number of benzene rings is 2. The van der Waals surface area contributed by atoms with Crippen molar-refractivity contribution in [2.75, 3.05) is 19.5 Å². The summed E-state index contributed by atoms with van der Waals surface area (Å²) in [6, 6.07) is 10.9. The standard InChI is InChI=1S/C23H27ClNO8PS2/c1-4-14-32-34(27,33-15-5-2)23(25-35(3,28)29)16-21(22(26)19-8-6-7-9-20(19)23)36(30,31)18-12-10-17(24)11-13-18/h6-13,16,25H,4-5,14-15H2,1-3H3. The fourth-order valence-electron chi connectivity index (χ4n) is 3.73. The third kappa shape index (κ3) is 5.52. The van der Waals surface area contributed by atoms with E-state index in [1.54, 1.807) is 13.8 Å². The van der Waals surface area contributed by atoms with Gasteiger partial charge in [-0.1, -0.05) is 49.7 Å². The molecule has 1 aliphatic carbocycles. The summed E-state index contributed by atoms with van der Waals surface area (Å²) in [6.45, 7) is 3.37. The zero-order chi connectivity index (χ0) is 26.8. The number of carbonyl (C=O) groups is 1. The van der Waals surface area contributed by atoms with Crippen LogP contribution in [0.2, 0.25) is 5.02 Å². The molecule has 0 radical (unpaired) electrons. The Morgan fingerprint density at radius 3 is 2.03 bits per heavy atom. The molecule has 0 spiro atoms. The molecule has 196 valence electrons. The minimum atomic E-state index is -4.52. The van der Waals surface area contributed by atoms with Crippen LogP contribution in [0.15, 0.2) is 64.4 Å². The van der Waals surface area contributed by atoms with E-state index in [0.29, 0.717) is 12.8 Å². The number of sulfonamides is 1. The van der Waals surface area contributed by atoms with Crippen molar-refractivity contribution in [3.05, 3.63) is 75.7 Å². The van der Waals surface area contributed by atoms with Crippen LogP contribution in [0.3, 0.4) is 0 Å². The Labute approximate surface area is 216 Å². The number of allylic oxidation sites excluding steroid dienone is 1. The number of ketones is 1. The zero-order valence-electron chi connectivity index (χ0n) is 19.9. The number of hydrogen-bond acceptors (Lipinski definition) is 8. The normalized spacial score (nSPS) is 18.6. The highest BCUT2D eigenvalue weighted by Gasteiger charge is 2.58. The first kappa shape index (κ1) is 28.7. The van der Waals surface area contributed by atoms with Crippen molar-refractivity contribution >= 4 is 44.8 Å². The fourth-order valence-corrected chi connectivity index (χ4v) is 9.16. The van der Waals surface area contributed by atoms with E-state index < -0.39 is 43.4 Å². The van der Waals surface area contributed by atoms with Crippen LogP contribution in [0.5, 0.6) is 0 Å². The Kier molecular flexibility index (Phi) is 8.67. The van der Waals surface area contributed by atoms with Gasteiger partial charge in [-0.3, -0.25) is 9.36 Å². The summed E-state index contributed by atoms with van der Waals surface area (Å²) < 4.78 is 80.7. The summed E-state index contributed by atoms with van der Waals surface area (Å²) in [5.41, 5.74) is -0.185. The van der Waals surface area contributed by atoms with Gasteiger partial charge in [0.05, 0.1) is 24.4 Å². The van der Waals surface area contributed by atoms with Gasteiger partial charge in [-0.05, 0) is 43.2 Å². The number of fused-ring (bicyclic) bond motifs is 1. The van der Waals surface area contributed by atoms with E-state index in [1.165, 1.54) is 48.5 Å². The lowest BCUT2D eigenvalue weighted by Gasteiger charge is -2.40. The number of sulfone groups is 1. The van der Waals surface area contributed by atoms with E-state index in [2.05, 4.69) is 4.72 Å². The molecular weight excluding hydrogens is 549 g/mol. The Balaban J connectivity index is 2.44. The van der Waals surface area contributed by atoms with Crippen LogP contribution < -0.4 is 4.72 Å². The van der Waals surface area contributed by atoms with E-state index in [9.17, 15) is 26.2 Å². The lowest BCUT2D eigenvalue weighted by Crippen LogP contribution is -2.48. The van der Waals surface area contributed by atoms with E-state index in [1.807, 2.05) is 0 Å². The average Bonchev–Trinajstić information content (AvgIpc) is 2.82. The minimum absolute atomic E-state index is 0.0361. The summed E-state index contributed by atoms with van der Waals surface area (Å²) in [6.07, 6.45) is 2.51. The number of rotatable bonds is 11. The quantitative estimate of drug-likeness (QED) is 0.383. The highest BCUT2D eigenvalue weighted by Crippen LogP contribution is 2.66. The van der Waals surface area contributed by atoms with E-state index in [-0.39, 0.29) is 34.3 Å². The predicted octanol–water partition coefficient (Wildman–Crippen LogP) is 4.64.